The number of nitrogens with two attached hydrogens (primary N) is 1. The van der Waals surface area contributed by atoms with Crippen LogP contribution in [0.1, 0.15) is 30.8 Å². The smallest absolute Gasteiger partial charge is 0.0850 e. The molecule has 0 radical (unpaired) electrons. The molecule has 0 aliphatic carbocycles. The number of rotatable bonds is 6. The van der Waals surface area contributed by atoms with E-state index in [1.165, 1.54) is 0 Å². The molecule has 2 rings (SSSR count). The third kappa shape index (κ3) is 4.00. The zero-order chi connectivity index (χ0) is 15.4. The molecule has 0 aliphatic heterocycles. The fraction of sp³-hybridized carbons (Fsp3) is 0.438. The molecule has 0 bridgehead atoms. The zero-order valence-electron chi connectivity index (χ0n) is 12.4. The van der Waals surface area contributed by atoms with Gasteiger partial charge < -0.3 is 5.73 Å². The summed E-state index contributed by atoms with van der Waals surface area (Å²) in [5.41, 5.74) is 9.41. The summed E-state index contributed by atoms with van der Waals surface area (Å²) in [4.78, 5) is 0. The van der Waals surface area contributed by atoms with Crippen molar-refractivity contribution in [3.63, 3.8) is 0 Å². The average Bonchev–Trinajstić information content (AvgIpc) is 2.75. The second-order valence-corrected chi connectivity index (χ2v) is 5.99. The predicted octanol–water partition coefficient (Wildman–Crippen LogP) is 3.88. The summed E-state index contributed by atoms with van der Waals surface area (Å²) in [6.07, 6.45) is 2.32. The summed E-state index contributed by atoms with van der Waals surface area (Å²) in [6, 6.07) is 7.81. The first-order chi connectivity index (χ1) is 10.0. The lowest BCUT2D eigenvalue weighted by molar-refractivity contribution is 0.573. The first-order valence-corrected chi connectivity index (χ1v) is 8.04. The summed E-state index contributed by atoms with van der Waals surface area (Å²) in [5, 5.41) is 6.03. The highest BCUT2D eigenvalue weighted by molar-refractivity contribution is 6.32. The van der Waals surface area contributed by atoms with Crippen molar-refractivity contribution in [2.45, 2.75) is 45.7 Å². The molecular weight excluding hydrogens is 305 g/mol. The van der Waals surface area contributed by atoms with Crippen LogP contribution in [0.5, 0.6) is 0 Å². The molecule has 0 saturated carbocycles. The Balaban J connectivity index is 2.12. The van der Waals surface area contributed by atoms with E-state index < -0.39 is 0 Å². The molecule has 1 aromatic heterocycles. The van der Waals surface area contributed by atoms with Gasteiger partial charge in [-0.1, -0.05) is 42.3 Å². The molecule has 0 aliphatic rings. The van der Waals surface area contributed by atoms with Crippen LogP contribution in [0.15, 0.2) is 24.3 Å². The molecule has 5 heteroatoms. The van der Waals surface area contributed by atoms with Gasteiger partial charge in [-0.05, 0) is 37.5 Å². The Labute approximate surface area is 136 Å². The molecule has 114 valence electrons. The molecule has 0 amide bonds. The molecule has 2 N–H and O–H groups in total. The minimum absolute atomic E-state index is 0.00678. The summed E-state index contributed by atoms with van der Waals surface area (Å²) in [6.45, 7) is 4.93. The second-order valence-electron chi connectivity index (χ2n) is 5.17. The van der Waals surface area contributed by atoms with Crippen LogP contribution in [-0.4, -0.2) is 15.8 Å². The lowest BCUT2D eigenvalue weighted by Crippen LogP contribution is -2.27. The highest BCUT2D eigenvalue weighted by atomic mass is 35.5. The van der Waals surface area contributed by atoms with Crippen LogP contribution in [0.25, 0.3) is 0 Å². The molecule has 2 aromatic rings. The van der Waals surface area contributed by atoms with Crippen molar-refractivity contribution in [3.05, 3.63) is 51.3 Å². The van der Waals surface area contributed by atoms with Crippen LogP contribution in [-0.2, 0) is 25.8 Å². The van der Waals surface area contributed by atoms with Gasteiger partial charge in [0, 0.05) is 24.0 Å². The largest absolute Gasteiger partial charge is 0.327 e. The number of aryl methyl sites for hydroxylation is 2. The van der Waals surface area contributed by atoms with E-state index in [0.29, 0.717) is 6.42 Å². The lowest BCUT2D eigenvalue weighted by atomic mass is 10.0. The molecular formula is C16H21Cl2N3. The molecule has 1 heterocycles. The maximum atomic E-state index is 6.42. The van der Waals surface area contributed by atoms with Crippen molar-refractivity contribution in [1.82, 2.24) is 9.78 Å². The monoisotopic (exact) mass is 325 g/mol. The van der Waals surface area contributed by atoms with Crippen LogP contribution >= 0.6 is 23.2 Å². The van der Waals surface area contributed by atoms with E-state index in [1.54, 1.807) is 0 Å². The van der Waals surface area contributed by atoms with Gasteiger partial charge in [-0.2, -0.15) is 5.10 Å². The van der Waals surface area contributed by atoms with Crippen LogP contribution in [0.3, 0.4) is 0 Å². The van der Waals surface area contributed by atoms with Crippen molar-refractivity contribution in [1.29, 1.82) is 0 Å². The minimum atomic E-state index is -0.00678. The predicted molar refractivity (Wildman–Crippen MR) is 89.1 cm³/mol. The Kier molecular flexibility index (Phi) is 5.68. The summed E-state index contributed by atoms with van der Waals surface area (Å²) < 4.78 is 1.96. The molecule has 3 nitrogen and oxygen atoms in total. The maximum absolute atomic E-state index is 6.42. The molecule has 21 heavy (non-hydrogen) atoms. The van der Waals surface area contributed by atoms with Crippen molar-refractivity contribution >= 4 is 23.2 Å². The first-order valence-electron chi connectivity index (χ1n) is 7.29. The topological polar surface area (TPSA) is 43.8 Å². The van der Waals surface area contributed by atoms with Crippen molar-refractivity contribution in [2.24, 2.45) is 5.73 Å². The van der Waals surface area contributed by atoms with Gasteiger partial charge in [-0.3, -0.25) is 4.68 Å². The number of aromatic nitrogens is 2. The van der Waals surface area contributed by atoms with Gasteiger partial charge in [0.25, 0.3) is 0 Å². The average molecular weight is 326 g/mol. The highest BCUT2D eigenvalue weighted by Crippen LogP contribution is 2.23. The van der Waals surface area contributed by atoms with E-state index in [0.717, 1.165) is 46.4 Å². The molecule has 0 fully saturated rings. The zero-order valence-corrected chi connectivity index (χ0v) is 14.0. The Morgan fingerprint density at radius 3 is 2.62 bits per heavy atom. The van der Waals surface area contributed by atoms with Crippen LogP contribution in [0.2, 0.25) is 10.0 Å². The van der Waals surface area contributed by atoms with E-state index >= 15 is 0 Å². The summed E-state index contributed by atoms with van der Waals surface area (Å²) >= 11 is 12.4. The number of hydrogen-bond donors (Lipinski definition) is 1. The summed E-state index contributed by atoms with van der Waals surface area (Å²) in [7, 11) is 0. The normalized spacial score (nSPS) is 12.6. The number of nitrogens with zero attached hydrogens (tertiary/aromatic N) is 2. The second kappa shape index (κ2) is 7.30. The van der Waals surface area contributed by atoms with Crippen molar-refractivity contribution in [3.8, 4) is 0 Å². The van der Waals surface area contributed by atoms with Crippen LogP contribution in [0.4, 0.5) is 0 Å². The van der Waals surface area contributed by atoms with E-state index in [1.807, 2.05) is 28.9 Å². The van der Waals surface area contributed by atoms with E-state index in [9.17, 15) is 0 Å². The van der Waals surface area contributed by atoms with Gasteiger partial charge in [0.2, 0.25) is 0 Å². The third-order valence-corrected chi connectivity index (χ3v) is 4.21. The van der Waals surface area contributed by atoms with Crippen molar-refractivity contribution in [2.75, 3.05) is 0 Å². The quantitative estimate of drug-likeness (QED) is 0.875. The molecule has 0 saturated heterocycles. The lowest BCUT2D eigenvalue weighted by Gasteiger charge is -2.13. The van der Waals surface area contributed by atoms with Gasteiger partial charge in [-0.25, -0.2) is 0 Å². The number of halogens is 2. The van der Waals surface area contributed by atoms with Gasteiger partial charge >= 0.3 is 0 Å². The molecule has 1 atom stereocenters. The van der Waals surface area contributed by atoms with Crippen LogP contribution in [0, 0.1) is 0 Å². The van der Waals surface area contributed by atoms with Gasteiger partial charge in [-0.15, -0.1) is 0 Å². The van der Waals surface area contributed by atoms with Gasteiger partial charge in [0.15, 0.2) is 0 Å². The summed E-state index contributed by atoms with van der Waals surface area (Å²) in [5.74, 6) is 0. The highest BCUT2D eigenvalue weighted by Gasteiger charge is 2.17. The number of benzene rings is 1. The Morgan fingerprint density at radius 2 is 2.00 bits per heavy atom. The molecule has 0 spiro atoms. The fourth-order valence-electron chi connectivity index (χ4n) is 2.50. The third-order valence-electron chi connectivity index (χ3n) is 3.54. The Hall–Kier alpha value is -1.03. The van der Waals surface area contributed by atoms with Gasteiger partial charge in [0.1, 0.15) is 0 Å². The number of hydrogen-bond acceptors (Lipinski definition) is 2. The Morgan fingerprint density at radius 1 is 1.24 bits per heavy atom. The molecule has 1 aromatic carbocycles. The SMILES string of the molecule is CCc1nn(CC)c(CC(N)Cc2cccc(Cl)c2)c1Cl. The van der Waals surface area contributed by atoms with E-state index in [4.69, 9.17) is 28.9 Å². The standard InChI is InChI=1S/C16H21Cl2N3/c1-3-14-16(18)15(21(4-2)20-14)10-13(19)9-11-6-5-7-12(17)8-11/h5-8,13H,3-4,9-10,19H2,1-2H3. The molecule has 1 unspecified atom stereocenters. The van der Waals surface area contributed by atoms with E-state index in [-0.39, 0.29) is 6.04 Å². The first kappa shape index (κ1) is 16.3. The maximum Gasteiger partial charge on any atom is 0.0850 e. The van der Waals surface area contributed by atoms with E-state index in [2.05, 4.69) is 18.9 Å². The van der Waals surface area contributed by atoms with Gasteiger partial charge in [0.05, 0.1) is 16.4 Å². The van der Waals surface area contributed by atoms with Crippen molar-refractivity contribution < 1.29 is 0 Å². The minimum Gasteiger partial charge on any atom is -0.327 e. The van der Waals surface area contributed by atoms with Crippen LogP contribution < -0.4 is 5.73 Å². The Bertz CT molecular complexity index is 608. The fourth-order valence-corrected chi connectivity index (χ4v) is 3.06.